The van der Waals surface area contributed by atoms with E-state index in [1.54, 1.807) is 0 Å². The Balaban J connectivity index is 1.78. The van der Waals surface area contributed by atoms with E-state index in [0.29, 0.717) is 22.6 Å². The van der Waals surface area contributed by atoms with Gasteiger partial charge in [0.25, 0.3) is 11.8 Å². The Kier molecular flexibility index (Phi) is 5.98. The SMILES string of the molecule is C=CC1=C(C(=O)O)N2C(=O)C(NC(=O)/C(=N/OC)c3cnc(NC=O)s3)[C@@H]2SC1. The molecule has 2 aliphatic rings. The van der Waals surface area contributed by atoms with Crippen molar-refractivity contribution in [3.05, 3.63) is 35.0 Å². The molecule has 1 saturated heterocycles. The molecular formula is C16H15N5O6S2. The molecule has 1 unspecified atom stereocenters. The lowest BCUT2D eigenvalue weighted by atomic mass is 10.0. The van der Waals surface area contributed by atoms with E-state index in [4.69, 9.17) is 4.84 Å². The van der Waals surface area contributed by atoms with Gasteiger partial charge >= 0.3 is 5.97 Å². The first-order valence-corrected chi connectivity index (χ1v) is 9.91. The van der Waals surface area contributed by atoms with Crippen LogP contribution in [0.15, 0.2) is 35.3 Å². The summed E-state index contributed by atoms with van der Waals surface area (Å²) < 4.78 is 0. The molecule has 1 aromatic rings. The Morgan fingerprint density at radius 3 is 2.90 bits per heavy atom. The fourth-order valence-corrected chi connectivity index (χ4v) is 4.89. The smallest absolute Gasteiger partial charge is 0.352 e. The molecule has 2 aliphatic heterocycles. The first-order valence-electron chi connectivity index (χ1n) is 8.04. The number of carbonyl (C=O) groups is 4. The molecule has 152 valence electrons. The molecule has 3 heterocycles. The lowest BCUT2D eigenvalue weighted by Gasteiger charge is -2.49. The summed E-state index contributed by atoms with van der Waals surface area (Å²) in [5.41, 5.74) is 0.187. The van der Waals surface area contributed by atoms with E-state index in [-0.39, 0.29) is 16.5 Å². The Hall–Kier alpha value is -3.19. The van der Waals surface area contributed by atoms with E-state index in [1.807, 2.05) is 0 Å². The predicted molar refractivity (Wildman–Crippen MR) is 105 cm³/mol. The van der Waals surface area contributed by atoms with Gasteiger partial charge in [0.1, 0.15) is 24.2 Å². The Labute approximate surface area is 172 Å². The number of nitrogens with one attached hydrogen (secondary N) is 2. The second-order valence-electron chi connectivity index (χ2n) is 5.66. The average Bonchev–Trinajstić information content (AvgIpc) is 3.17. The van der Waals surface area contributed by atoms with Crippen LogP contribution in [0.4, 0.5) is 5.13 Å². The summed E-state index contributed by atoms with van der Waals surface area (Å²) in [6.07, 6.45) is 3.19. The fraction of sp³-hybridized carbons (Fsp3) is 0.250. The molecule has 3 rings (SSSR count). The summed E-state index contributed by atoms with van der Waals surface area (Å²) in [5, 5.41) is 17.8. The average molecular weight is 437 g/mol. The van der Waals surface area contributed by atoms with Gasteiger partial charge < -0.3 is 20.6 Å². The Morgan fingerprint density at radius 2 is 2.28 bits per heavy atom. The van der Waals surface area contributed by atoms with Crippen molar-refractivity contribution in [1.29, 1.82) is 0 Å². The molecule has 2 atom stereocenters. The number of hydrogen-bond donors (Lipinski definition) is 3. The molecule has 0 aromatic carbocycles. The van der Waals surface area contributed by atoms with E-state index in [2.05, 4.69) is 27.4 Å². The van der Waals surface area contributed by atoms with Gasteiger partial charge in [0.15, 0.2) is 10.8 Å². The zero-order valence-corrected chi connectivity index (χ0v) is 16.6. The summed E-state index contributed by atoms with van der Waals surface area (Å²) in [7, 11) is 1.26. The van der Waals surface area contributed by atoms with Gasteiger partial charge in [-0.3, -0.25) is 19.3 Å². The van der Waals surface area contributed by atoms with Crippen molar-refractivity contribution in [2.24, 2.45) is 5.16 Å². The number of aromatic nitrogens is 1. The van der Waals surface area contributed by atoms with Crippen LogP contribution in [-0.4, -0.2) is 69.2 Å². The van der Waals surface area contributed by atoms with E-state index < -0.39 is 29.2 Å². The molecule has 0 bridgehead atoms. The number of β-lactam (4-membered cyclic amide) rings is 1. The second-order valence-corrected chi connectivity index (χ2v) is 7.79. The number of thioether (sulfide) groups is 1. The quantitative estimate of drug-likeness (QED) is 0.222. The number of carboxylic acids is 1. The zero-order valence-electron chi connectivity index (χ0n) is 14.9. The lowest BCUT2D eigenvalue weighted by Crippen LogP contribution is -2.71. The van der Waals surface area contributed by atoms with Gasteiger partial charge in [-0.1, -0.05) is 29.1 Å². The molecule has 0 aliphatic carbocycles. The van der Waals surface area contributed by atoms with Crippen molar-refractivity contribution in [1.82, 2.24) is 15.2 Å². The topological polar surface area (TPSA) is 150 Å². The highest BCUT2D eigenvalue weighted by atomic mass is 32.2. The number of nitrogens with zero attached hydrogens (tertiary/aromatic N) is 3. The van der Waals surface area contributed by atoms with Crippen LogP contribution in [0.5, 0.6) is 0 Å². The standard InChI is InChI=1S/C16H15N5O6S2/c1-3-7-5-28-14-10(13(24)21(14)11(7)15(25)26)19-12(23)9(20-27-2)8-4-17-16(29-8)18-6-22/h3-4,6,10,14H,1,5H2,2H3,(H,19,23)(H,25,26)(H,17,18,22)/b20-9+/t10?,14-/m0/s1. The molecule has 0 spiro atoms. The van der Waals surface area contributed by atoms with Crippen LogP contribution in [-0.2, 0) is 24.0 Å². The fourth-order valence-electron chi connectivity index (χ4n) is 2.80. The van der Waals surface area contributed by atoms with Crippen LogP contribution in [0.25, 0.3) is 0 Å². The van der Waals surface area contributed by atoms with Crippen molar-refractivity contribution in [3.8, 4) is 0 Å². The molecule has 1 fully saturated rings. The number of allylic oxidation sites excluding steroid dienone is 1. The number of thiazole rings is 1. The van der Waals surface area contributed by atoms with Crippen LogP contribution in [0, 0.1) is 0 Å². The van der Waals surface area contributed by atoms with E-state index in [9.17, 15) is 24.3 Å². The summed E-state index contributed by atoms with van der Waals surface area (Å²) in [6.45, 7) is 3.58. The molecule has 3 N–H and O–H groups in total. The van der Waals surface area contributed by atoms with Gasteiger partial charge in [-0.2, -0.15) is 0 Å². The number of amides is 3. The van der Waals surface area contributed by atoms with Crippen LogP contribution in [0.3, 0.4) is 0 Å². The highest BCUT2D eigenvalue weighted by molar-refractivity contribution is 8.00. The van der Waals surface area contributed by atoms with E-state index >= 15 is 0 Å². The van der Waals surface area contributed by atoms with Crippen molar-refractivity contribution in [2.75, 3.05) is 18.2 Å². The normalized spacial score (nSPS) is 21.1. The molecule has 1 aromatic heterocycles. The summed E-state index contributed by atoms with van der Waals surface area (Å²) in [4.78, 5) is 57.4. The Bertz CT molecular complexity index is 955. The maximum absolute atomic E-state index is 12.7. The first-order chi connectivity index (χ1) is 13.9. The van der Waals surface area contributed by atoms with Gasteiger partial charge in [0.2, 0.25) is 6.41 Å². The van der Waals surface area contributed by atoms with E-state index in [1.165, 1.54) is 31.1 Å². The largest absolute Gasteiger partial charge is 0.477 e. The molecule has 13 heteroatoms. The van der Waals surface area contributed by atoms with Gasteiger partial charge in [-0.15, -0.1) is 11.8 Å². The summed E-state index contributed by atoms with van der Waals surface area (Å²) >= 11 is 2.32. The minimum Gasteiger partial charge on any atom is -0.477 e. The highest BCUT2D eigenvalue weighted by Gasteiger charge is 2.54. The number of carbonyl (C=O) groups excluding carboxylic acids is 3. The number of anilines is 1. The Morgan fingerprint density at radius 1 is 1.52 bits per heavy atom. The van der Waals surface area contributed by atoms with Gasteiger partial charge in [-0.05, 0) is 5.57 Å². The predicted octanol–water partition coefficient (Wildman–Crippen LogP) is -0.0135. The van der Waals surface area contributed by atoms with Crippen LogP contribution < -0.4 is 10.6 Å². The lowest BCUT2D eigenvalue weighted by molar-refractivity contribution is -0.150. The van der Waals surface area contributed by atoms with Crippen LogP contribution >= 0.6 is 23.1 Å². The minimum atomic E-state index is -1.23. The third kappa shape index (κ3) is 3.73. The van der Waals surface area contributed by atoms with Gasteiger partial charge in [0, 0.05) is 11.9 Å². The minimum absolute atomic E-state index is 0.128. The van der Waals surface area contributed by atoms with Crippen LogP contribution in [0.2, 0.25) is 0 Å². The monoisotopic (exact) mass is 437 g/mol. The highest BCUT2D eigenvalue weighted by Crippen LogP contribution is 2.40. The molecule has 11 nitrogen and oxygen atoms in total. The van der Waals surface area contributed by atoms with Crippen molar-refractivity contribution < 1.29 is 29.1 Å². The maximum Gasteiger partial charge on any atom is 0.352 e. The second kappa shape index (κ2) is 8.45. The van der Waals surface area contributed by atoms with Crippen LogP contribution in [0.1, 0.15) is 4.88 Å². The number of fused-ring (bicyclic) bond motifs is 1. The van der Waals surface area contributed by atoms with Crippen molar-refractivity contribution in [2.45, 2.75) is 11.4 Å². The first kappa shape index (κ1) is 20.5. The number of hydrogen-bond acceptors (Lipinski definition) is 9. The van der Waals surface area contributed by atoms with Crippen molar-refractivity contribution >= 4 is 58.1 Å². The molecular weight excluding hydrogens is 422 g/mol. The van der Waals surface area contributed by atoms with Crippen molar-refractivity contribution in [3.63, 3.8) is 0 Å². The number of rotatable bonds is 8. The zero-order chi connectivity index (χ0) is 21.1. The number of carboxylic acid groups (broad SMARTS) is 1. The summed E-state index contributed by atoms with van der Waals surface area (Å²) in [6, 6.07) is -0.921. The molecule has 3 amide bonds. The molecule has 0 radical (unpaired) electrons. The van der Waals surface area contributed by atoms with E-state index in [0.717, 1.165) is 16.2 Å². The molecule has 0 saturated carbocycles. The van der Waals surface area contributed by atoms with Gasteiger partial charge in [0.05, 0.1) is 4.88 Å². The number of oxime groups is 1. The maximum atomic E-state index is 12.7. The third-order valence-electron chi connectivity index (χ3n) is 4.05. The van der Waals surface area contributed by atoms with Gasteiger partial charge in [-0.25, -0.2) is 9.78 Å². The number of aliphatic carboxylic acids is 1. The molecule has 29 heavy (non-hydrogen) atoms. The summed E-state index contributed by atoms with van der Waals surface area (Å²) in [5.74, 6) is -2.12. The third-order valence-corrected chi connectivity index (χ3v) is 6.29.